The molecule has 172 valence electrons. The molecule has 3 heterocycles. The highest BCUT2D eigenvalue weighted by molar-refractivity contribution is 5.99. The normalized spacial score (nSPS) is 15.6. The zero-order valence-electron chi connectivity index (χ0n) is 19.3. The van der Waals surface area contributed by atoms with E-state index in [1.807, 2.05) is 106 Å². The third-order valence-electron chi connectivity index (χ3n) is 6.50. The molecule has 0 radical (unpaired) electrons. The number of imidazole rings is 1. The Morgan fingerprint density at radius 2 is 1.68 bits per heavy atom. The number of fused-ring (bicyclic) bond motifs is 1. The summed E-state index contributed by atoms with van der Waals surface area (Å²) in [6, 6.07) is 25.0. The first-order valence-electron chi connectivity index (χ1n) is 11.8. The Labute approximate surface area is 199 Å². The van der Waals surface area contributed by atoms with Gasteiger partial charge in [0.05, 0.1) is 11.6 Å². The first-order valence-corrected chi connectivity index (χ1v) is 11.8. The molecule has 1 aliphatic rings. The van der Waals surface area contributed by atoms with Gasteiger partial charge in [-0.15, -0.1) is 0 Å². The third-order valence-corrected chi connectivity index (χ3v) is 6.50. The Kier molecular flexibility index (Phi) is 6.12. The molecule has 4 aromatic rings. The van der Waals surface area contributed by atoms with E-state index in [9.17, 15) is 9.59 Å². The molecule has 1 aliphatic heterocycles. The van der Waals surface area contributed by atoms with Crippen LogP contribution in [-0.2, 0) is 6.54 Å². The molecule has 0 aliphatic carbocycles. The van der Waals surface area contributed by atoms with Gasteiger partial charge in [0.25, 0.3) is 11.8 Å². The molecule has 0 bridgehead atoms. The van der Waals surface area contributed by atoms with Crippen molar-refractivity contribution in [3.63, 3.8) is 0 Å². The molecule has 2 amide bonds. The quantitative estimate of drug-likeness (QED) is 0.415. The Hall–Kier alpha value is -3.93. The number of rotatable bonds is 6. The van der Waals surface area contributed by atoms with Gasteiger partial charge in [0.1, 0.15) is 5.82 Å². The van der Waals surface area contributed by atoms with Gasteiger partial charge in [0, 0.05) is 31.4 Å². The molecule has 6 heteroatoms. The standard InChI is InChI=1S/C28H28N4O2/c1-2-30(20-21-12-5-3-6-13-21)28(34)25-23-16-9-10-18-31(23)26(29-25)24-17-11-19-32(24)27(33)22-14-7-4-8-15-22/h3-10,12-16,18,24H,2,11,17,19-20H2,1H3/t24-/m1/s1. The fourth-order valence-corrected chi connectivity index (χ4v) is 4.76. The number of hydrogen-bond acceptors (Lipinski definition) is 3. The average Bonchev–Trinajstić information content (AvgIpc) is 3.52. The molecule has 0 saturated carbocycles. The number of pyridine rings is 1. The minimum absolute atomic E-state index is 0.00270. The van der Waals surface area contributed by atoms with Crippen LogP contribution in [-0.4, -0.2) is 44.1 Å². The van der Waals surface area contributed by atoms with Gasteiger partial charge in [-0.1, -0.05) is 54.6 Å². The van der Waals surface area contributed by atoms with Crippen LogP contribution in [0.5, 0.6) is 0 Å². The lowest BCUT2D eigenvalue weighted by atomic mass is 10.1. The Balaban J connectivity index is 1.50. The summed E-state index contributed by atoms with van der Waals surface area (Å²) in [5.74, 6) is 0.652. The van der Waals surface area contributed by atoms with Crippen LogP contribution in [0.2, 0.25) is 0 Å². The first-order chi connectivity index (χ1) is 16.7. The first kappa shape index (κ1) is 21.9. The van der Waals surface area contributed by atoms with Crippen molar-refractivity contribution in [3.8, 4) is 0 Å². The minimum atomic E-state index is -0.173. The Bertz CT molecular complexity index is 1300. The number of amides is 2. The molecule has 0 unspecified atom stereocenters. The van der Waals surface area contributed by atoms with Gasteiger partial charge in [0.2, 0.25) is 0 Å². The summed E-state index contributed by atoms with van der Waals surface area (Å²) < 4.78 is 1.98. The second-order valence-electron chi connectivity index (χ2n) is 8.60. The number of nitrogens with zero attached hydrogens (tertiary/aromatic N) is 4. The van der Waals surface area contributed by atoms with E-state index in [-0.39, 0.29) is 17.9 Å². The Morgan fingerprint density at radius 1 is 0.971 bits per heavy atom. The fourth-order valence-electron chi connectivity index (χ4n) is 4.76. The summed E-state index contributed by atoms with van der Waals surface area (Å²) in [5, 5.41) is 0. The molecule has 6 nitrogen and oxygen atoms in total. The highest BCUT2D eigenvalue weighted by atomic mass is 16.2. The number of aromatic nitrogens is 2. The van der Waals surface area contributed by atoms with Crippen molar-refractivity contribution < 1.29 is 9.59 Å². The second-order valence-corrected chi connectivity index (χ2v) is 8.60. The van der Waals surface area contributed by atoms with Crippen LogP contribution in [0.25, 0.3) is 5.52 Å². The lowest BCUT2D eigenvalue weighted by molar-refractivity contribution is 0.0729. The second kappa shape index (κ2) is 9.51. The van der Waals surface area contributed by atoms with E-state index in [2.05, 4.69) is 0 Å². The van der Waals surface area contributed by atoms with Gasteiger partial charge in [-0.05, 0) is 49.6 Å². The molecule has 1 atom stereocenters. The molecule has 2 aromatic carbocycles. The summed E-state index contributed by atoms with van der Waals surface area (Å²) in [6.45, 7) is 3.77. The zero-order valence-corrected chi connectivity index (χ0v) is 19.3. The van der Waals surface area contributed by atoms with Crippen LogP contribution in [0.15, 0.2) is 85.1 Å². The van der Waals surface area contributed by atoms with Crippen molar-refractivity contribution >= 4 is 17.3 Å². The molecule has 2 aromatic heterocycles. The summed E-state index contributed by atoms with van der Waals surface area (Å²) in [6.07, 6.45) is 3.66. The minimum Gasteiger partial charge on any atom is -0.333 e. The smallest absolute Gasteiger partial charge is 0.275 e. The van der Waals surface area contributed by atoms with Gasteiger partial charge in [-0.2, -0.15) is 0 Å². The van der Waals surface area contributed by atoms with Crippen molar-refractivity contribution in [2.24, 2.45) is 0 Å². The van der Waals surface area contributed by atoms with Crippen LogP contribution in [0.3, 0.4) is 0 Å². The molecular weight excluding hydrogens is 424 g/mol. The van der Waals surface area contributed by atoms with Gasteiger partial charge in [-0.3, -0.25) is 9.59 Å². The van der Waals surface area contributed by atoms with Crippen molar-refractivity contribution in [1.82, 2.24) is 19.2 Å². The highest BCUT2D eigenvalue weighted by Crippen LogP contribution is 2.34. The van der Waals surface area contributed by atoms with E-state index in [1.54, 1.807) is 0 Å². The van der Waals surface area contributed by atoms with Crippen molar-refractivity contribution in [2.75, 3.05) is 13.1 Å². The summed E-state index contributed by atoms with van der Waals surface area (Å²) in [5.41, 5.74) is 2.96. The Morgan fingerprint density at radius 3 is 2.41 bits per heavy atom. The molecule has 34 heavy (non-hydrogen) atoms. The number of likely N-dealkylation sites (tertiary alicyclic amines) is 1. The van der Waals surface area contributed by atoms with Crippen LogP contribution in [0.1, 0.15) is 58.0 Å². The largest absolute Gasteiger partial charge is 0.333 e. The summed E-state index contributed by atoms with van der Waals surface area (Å²) >= 11 is 0. The van der Waals surface area contributed by atoms with Crippen molar-refractivity contribution in [1.29, 1.82) is 0 Å². The summed E-state index contributed by atoms with van der Waals surface area (Å²) in [4.78, 5) is 35.5. The van der Waals surface area contributed by atoms with E-state index in [0.29, 0.717) is 30.9 Å². The van der Waals surface area contributed by atoms with Crippen LogP contribution in [0, 0.1) is 0 Å². The van der Waals surface area contributed by atoms with Crippen LogP contribution < -0.4 is 0 Å². The zero-order chi connectivity index (χ0) is 23.5. The van der Waals surface area contributed by atoms with E-state index in [4.69, 9.17) is 4.98 Å². The van der Waals surface area contributed by atoms with E-state index >= 15 is 0 Å². The number of carbonyl (C=O) groups excluding carboxylic acids is 2. The fraction of sp³-hybridized carbons (Fsp3) is 0.250. The number of carbonyl (C=O) groups is 2. The maximum atomic E-state index is 13.6. The third kappa shape index (κ3) is 4.07. The lowest BCUT2D eigenvalue weighted by Gasteiger charge is -2.24. The van der Waals surface area contributed by atoms with Gasteiger partial charge in [-0.25, -0.2) is 4.98 Å². The lowest BCUT2D eigenvalue weighted by Crippen LogP contribution is -2.32. The maximum absolute atomic E-state index is 13.6. The van der Waals surface area contributed by atoms with Crippen LogP contribution >= 0.6 is 0 Å². The van der Waals surface area contributed by atoms with Crippen molar-refractivity contribution in [3.05, 3.63) is 108 Å². The monoisotopic (exact) mass is 452 g/mol. The van der Waals surface area contributed by atoms with Crippen LogP contribution in [0.4, 0.5) is 0 Å². The highest BCUT2D eigenvalue weighted by Gasteiger charge is 2.35. The molecule has 1 fully saturated rings. The number of benzene rings is 2. The molecule has 5 rings (SSSR count). The summed E-state index contributed by atoms with van der Waals surface area (Å²) in [7, 11) is 0. The maximum Gasteiger partial charge on any atom is 0.275 e. The van der Waals surface area contributed by atoms with Gasteiger partial charge >= 0.3 is 0 Å². The number of hydrogen-bond donors (Lipinski definition) is 0. The topological polar surface area (TPSA) is 57.9 Å². The average molecular weight is 453 g/mol. The van der Waals surface area contributed by atoms with E-state index < -0.39 is 0 Å². The molecule has 0 spiro atoms. The molecular formula is C28H28N4O2. The predicted molar refractivity (Wildman–Crippen MR) is 132 cm³/mol. The van der Waals surface area contributed by atoms with E-state index in [0.717, 1.165) is 29.7 Å². The van der Waals surface area contributed by atoms with E-state index in [1.165, 1.54) is 0 Å². The van der Waals surface area contributed by atoms with Crippen molar-refractivity contribution in [2.45, 2.75) is 32.4 Å². The van der Waals surface area contributed by atoms with Gasteiger partial charge < -0.3 is 14.2 Å². The molecule has 0 N–H and O–H groups in total. The van der Waals surface area contributed by atoms with Gasteiger partial charge in [0.15, 0.2) is 5.69 Å². The SMILES string of the molecule is CCN(Cc1ccccc1)C(=O)c1nc([C@H]2CCCN2C(=O)c2ccccc2)n2ccccc12. The predicted octanol–water partition coefficient (Wildman–Crippen LogP) is 4.97. The molecule has 1 saturated heterocycles.